The van der Waals surface area contributed by atoms with E-state index in [9.17, 15) is 18.0 Å². The third-order valence-electron chi connectivity index (χ3n) is 4.27. The number of sulfonamides is 1. The smallest absolute Gasteiger partial charge is 0.374 e. The number of carbonyl (C=O) groups is 2. The van der Waals surface area contributed by atoms with Gasteiger partial charge in [-0.05, 0) is 19.1 Å². The molecule has 1 aromatic heterocycles. The van der Waals surface area contributed by atoms with Crippen LogP contribution >= 0.6 is 0 Å². The molecule has 2 fully saturated rings. The fraction of sp³-hybridized carbons (Fsp3) is 0.600. The standard InChI is InChI=1S/C15H20N2O7S/c1-2-22-15(19)12-3-4-13(24-12)25(20,21)17-8-6-16(7-9-17)11-5-10-23-14(11)18/h3-4,11H,2,5-10H2,1H3/t11-/m1/s1. The minimum absolute atomic E-state index is 0.146. The summed E-state index contributed by atoms with van der Waals surface area (Å²) in [4.78, 5) is 25.2. The molecule has 0 aliphatic carbocycles. The van der Waals surface area contributed by atoms with Crippen molar-refractivity contribution in [2.24, 2.45) is 0 Å². The van der Waals surface area contributed by atoms with Crippen LogP contribution in [0.2, 0.25) is 0 Å². The molecule has 2 aliphatic heterocycles. The maximum absolute atomic E-state index is 12.6. The van der Waals surface area contributed by atoms with Crippen LogP contribution in [-0.4, -0.2) is 75.0 Å². The summed E-state index contributed by atoms with van der Waals surface area (Å²) < 4.78 is 41.5. The van der Waals surface area contributed by atoms with Gasteiger partial charge in [-0.2, -0.15) is 4.31 Å². The maximum Gasteiger partial charge on any atom is 0.374 e. The van der Waals surface area contributed by atoms with E-state index in [0.29, 0.717) is 26.1 Å². The van der Waals surface area contributed by atoms with Gasteiger partial charge in [0.05, 0.1) is 13.2 Å². The lowest BCUT2D eigenvalue weighted by Crippen LogP contribution is -2.52. The van der Waals surface area contributed by atoms with Crippen molar-refractivity contribution in [3.05, 3.63) is 17.9 Å². The molecule has 25 heavy (non-hydrogen) atoms. The van der Waals surface area contributed by atoms with Gasteiger partial charge in [0.15, 0.2) is 0 Å². The molecule has 0 amide bonds. The van der Waals surface area contributed by atoms with E-state index < -0.39 is 16.0 Å². The second kappa shape index (κ2) is 7.14. The number of piperazine rings is 1. The van der Waals surface area contributed by atoms with Crippen LogP contribution in [0.5, 0.6) is 0 Å². The molecule has 0 aromatic carbocycles. The molecule has 0 unspecified atom stereocenters. The maximum atomic E-state index is 12.6. The topological polar surface area (TPSA) is 106 Å². The molecule has 0 spiro atoms. The minimum Gasteiger partial charge on any atom is -0.464 e. The van der Waals surface area contributed by atoms with Gasteiger partial charge in [0, 0.05) is 32.6 Å². The molecule has 1 aromatic rings. The molecule has 0 radical (unpaired) electrons. The summed E-state index contributed by atoms with van der Waals surface area (Å²) in [7, 11) is -3.83. The molecule has 2 saturated heterocycles. The van der Waals surface area contributed by atoms with Crippen molar-refractivity contribution in [1.82, 2.24) is 9.21 Å². The van der Waals surface area contributed by atoms with E-state index in [2.05, 4.69) is 0 Å². The number of hydrogen-bond donors (Lipinski definition) is 0. The van der Waals surface area contributed by atoms with E-state index in [1.54, 1.807) is 6.92 Å². The van der Waals surface area contributed by atoms with E-state index in [0.717, 1.165) is 0 Å². The van der Waals surface area contributed by atoms with Gasteiger partial charge < -0.3 is 13.9 Å². The summed E-state index contributed by atoms with van der Waals surface area (Å²) in [5.41, 5.74) is 0. The highest BCUT2D eigenvalue weighted by Crippen LogP contribution is 2.23. The molecule has 0 saturated carbocycles. The van der Waals surface area contributed by atoms with E-state index >= 15 is 0 Å². The van der Waals surface area contributed by atoms with Gasteiger partial charge in [-0.1, -0.05) is 0 Å². The third kappa shape index (κ3) is 3.55. The van der Waals surface area contributed by atoms with Crippen molar-refractivity contribution in [2.45, 2.75) is 24.5 Å². The van der Waals surface area contributed by atoms with Crippen molar-refractivity contribution >= 4 is 22.0 Å². The number of esters is 2. The Labute approximate surface area is 145 Å². The average Bonchev–Trinajstić information content (AvgIpc) is 3.24. The van der Waals surface area contributed by atoms with Crippen molar-refractivity contribution in [2.75, 3.05) is 39.4 Å². The Balaban J connectivity index is 1.66. The molecule has 2 aliphatic rings. The lowest BCUT2D eigenvalue weighted by Gasteiger charge is -2.35. The first-order valence-electron chi connectivity index (χ1n) is 8.11. The number of cyclic esters (lactones) is 1. The molecule has 0 bridgehead atoms. The molecule has 1 atom stereocenters. The Kier molecular flexibility index (Phi) is 5.11. The van der Waals surface area contributed by atoms with Crippen LogP contribution in [0.4, 0.5) is 0 Å². The third-order valence-corrected chi connectivity index (χ3v) is 6.05. The van der Waals surface area contributed by atoms with Crippen LogP contribution in [-0.2, 0) is 24.3 Å². The molecule has 10 heteroatoms. The Morgan fingerprint density at radius 1 is 1.28 bits per heavy atom. The number of hydrogen-bond acceptors (Lipinski definition) is 8. The lowest BCUT2D eigenvalue weighted by molar-refractivity contribution is -0.142. The summed E-state index contributed by atoms with van der Waals surface area (Å²) in [5, 5.41) is -0.288. The quantitative estimate of drug-likeness (QED) is 0.669. The molecule has 9 nitrogen and oxygen atoms in total. The summed E-state index contributed by atoms with van der Waals surface area (Å²) in [6.07, 6.45) is 0.632. The van der Waals surface area contributed by atoms with Crippen LogP contribution in [0.15, 0.2) is 21.6 Å². The summed E-state index contributed by atoms with van der Waals surface area (Å²) in [6.45, 7) is 3.58. The Morgan fingerprint density at radius 2 is 2.00 bits per heavy atom. The number of carbonyl (C=O) groups excluding carboxylic acids is 2. The Bertz CT molecular complexity index is 750. The van der Waals surface area contributed by atoms with Crippen LogP contribution in [0.3, 0.4) is 0 Å². The van der Waals surface area contributed by atoms with Crippen LogP contribution < -0.4 is 0 Å². The zero-order valence-corrected chi connectivity index (χ0v) is 14.7. The van der Waals surface area contributed by atoms with E-state index in [-0.39, 0.29) is 42.6 Å². The lowest BCUT2D eigenvalue weighted by atomic mass is 10.2. The van der Waals surface area contributed by atoms with Gasteiger partial charge >= 0.3 is 11.9 Å². The number of rotatable bonds is 5. The first-order chi connectivity index (χ1) is 11.9. The highest BCUT2D eigenvalue weighted by Gasteiger charge is 2.37. The zero-order chi connectivity index (χ0) is 18.0. The van der Waals surface area contributed by atoms with Crippen molar-refractivity contribution in [3.63, 3.8) is 0 Å². The van der Waals surface area contributed by atoms with E-state index in [4.69, 9.17) is 13.9 Å². The predicted molar refractivity (Wildman–Crippen MR) is 84.4 cm³/mol. The van der Waals surface area contributed by atoms with Gasteiger partial charge in [0.2, 0.25) is 10.9 Å². The predicted octanol–water partition coefficient (Wildman–Crippen LogP) is 0.0781. The highest BCUT2D eigenvalue weighted by molar-refractivity contribution is 7.89. The van der Waals surface area contributed by atoms with Gasteiger partial charge in [-0.3, -0.25) is 9.69 Å². The summed E-state index contributed by atoms with van der Waals surface area (Å²) >= 11 is 0. The van der Waals surface area contributed by atoms with Crippen molar-refractivity contribution in [3.8, 4) is 0 Å². The largest absolute Gasteiger partial charge is 0.464 e. The van der Waals surface area contributed by atoms with E-state index in [1.807, 2.05) is 4.90 Å². The fourth-order valence-electron chi connectivity index (χ4n) is 2.97. The number of ether oxygens (including phenoxy) is 2. The van der Waals surface area contributed by atoms with Gasteiger partial charge in [-0.25, -0.2) is 13.2 Å². The van der Waals surface area contributed by atoms with E-state index in [1.165, 1.54) is 16.4 Å². The van der Waals surface area contributed by atoms with Crippen molar-refractivity contribution < 1.29 is 31.9 Å². The normalized spacial score (nSPS) is 22.8. The average molecular weight is 372 g/mol. The molecule has 3 heterocycles. The summed E-state index contributed by atoms with van der Waals surface area (Å²) in [5.74, 6) is -1.09. The molecular formula is C15H20N2O7S. The van der Waals surface area contributed by atoms with Crippen molar-refractivity contribution in [1.29, 1.82) is 0 Å². The Hall–Kier alpha value is -1.91. The van der Waals surface area contributed by atoms with Gasteiger partial charge in [0.1, 0.15) is 6.04 Å². The molecule has 0 N–H and O–H groups in total. The fourth-order valence-corrected chi connectivity index (χ4v) is 4.30. The zero-order valence-electron chi connectivity index (χ0n) is 13.8. The van der Waals surface area contributed by atoms with Crippen LogP contribution in [0.1, 0.15) is 23.9 Å². The SMILES string of the molecule is CCOC(=O)c1ccc(S(=O)(=O)N2CCN([C@@H]3CCOC3=O)CC2)o1. The van der Waals surface area contributed by atoms with Crippen LogP contribution in [0.25, 0.3) is 0 Å². The van der Waals surface area contributed by atoms with Crippen LogP contribution in [0, 0.1) is 0 Å². The van der Waals surface area contributed by atoms with Gasteiger partial charge in [0.25, 0.3) is 10.0 Å². The second-order valence-corrected chi connectivity index (χ2v) is 7.62. The number of furan rings is 1. The summed E-state index contributed by atoms with van der Waals surface area (Å²) in [6, 6.07) is 2.25. The highest BCUT2D eigenvalue weighted by atomic mass is 32.2. The monoisotopic (exact) mass is 372 g/mol. The second-order valence-electron chi connectivity index (χ2n) is 5.75. The Morgan fingerprint density at radius 3 is 2.60 bits per heavy atom. The molecule has 3 rings (SSSR count). The van der Waals surface area contributed by atoms with Gasteiger partial charge in [-0.15, -0.1) is 0 Å². The molecule has 138 valence electrons. The first kappa shape index (κ1) is 17.9. The molecular weight excluding hydrogens is 352 g/mol. The first-order valence-corrected chi connectivity index (χ1v) is 9.55. The number of nitrogens with zero attached hydrogens (tertiary/aromatic N) is 2. The minimum atomic E-state index is -3.83.